The lowest BCUT2D eigenvalue weighted by molar-refractivity contribution is -0.121. The first-order valence-corrected chi connectivity index (χ1v) is 11.2. The number of thioether (sulfide) groups is 1. The van der Waals surface area contributed by atoms with E-state index in [1.54, 1.807) is 7.11 Å². The van der Waals surface area contributed by atoms with Crippen LogP contribution in [0.15, 0.2) is 52.1 Å². The van der Waals surface area contributed by atoms with Gasteiger partial charge in [0.1, 0.15) is 16.8 Å². The van der Waals surface area contributed by atoms with E-state index in [1.807, 2.05) is 61.0 Å². The molecular formula is C21H22BrN5O2S. The van der Waals surface area contributed by atoms with E-state index in [9.17, 15) is 4.79 Å². The number of fused-ring (bicyclic) bond motifs is 1. The molecule has 2 heterocycles. The minimum absolute atomic E-state index is 0.0584. The van der Waals surface area contributed by atoms with Crippen molar-refractivity contribution in [1.82, 2.24) is 20.2 Å². The maximum Gasteiger partial charge on any atom is 0.236 e. The summed E-state index contributed by atoms with van der Waals surface area (Å²) in [5.74, 6) is 1.43. The molecule has 0 saturated heterocycles. The summed E-state index contributed by atoms with van der Waals surface area (Å²) in [6.45, 7) is 4.40. The van der Waals surface area contributed by atoms with Crippen LogP contribution in [-0.2, 0) is 11.3 Å². The Morgan fingerprint density at radius 1 is 1.23 bits per heavy atom. The largest absolute Gasteiger partial charge is 0.496 e. The molecular weight excluding hydrogens is 466 g/mol. The summed E-state index contributed by atoms with van der Waals surface area (Å²) in [7, 11) is 1.63. The first-order valence-electron chi connectivity index (χ1n) is 9.48. The van der Waals surface area contributed by atoms with Crippen molar-refractivity contribution in [2.24, 2.45) is 0 Å². The number of halogens is 1. The molecule has 1 aromatic heterocycles. The molecule has 0 fully saturated rings. The second-order valence-electron chi connectivity index (χ2n) is 7.11. The van der Waals surface area contributed by atoms with E-state index in [2.05, 4.69) is 36.9 Å². The number of hydrogen-bond acceptors (Lipinski definition) is 6. The van der Waals surface area contributed by atoms with Crippen LogP contribution in [-0.4, -0.2) is 33.1 Å². The number of methoxy groups -OCH3 is 1. The first-order chi connectivity index (χ1) is 14.5. The second-order valence-corrected chi connectivity index (χ2v) is 9.07. The first kappa shape index (κ1) is 20.7. The van der Waals surface area contributed by atoms with Crippen LogP contribution in [0.3, 0.4) is 0 Å². The van der Waals surface area contributed by atoms with Crippen LogP contribution in [0.25, 0.3) is 0 Å². The molecule has 2 N–H and O–H groups in total. The van der Waals surface area contributed by atoms with E-state index >= 15 is 0 Å². The molecule has 156 valence electrons. The van der Waals surface area contributed by atoms with Crippen LogP contribution >= 0.6 is 27.7 Å². The number of aryl methyl sites for hydroxylation is 2. The van der Waals surface area contributed by atoms with Gasteiger partial charge in [-0.05, 0) is 53.0 Å². The van der Waals surface area contributed by atoms with Gasteiger partial charge >= 0.3 is 0 Å². The van der Waals surface area contributed by atoms with Crippen molar-refractivity contribution in [3.63, 3.8) is 0 Å². The molecule has 9 heteroatoms. The molecule has 1 aliphatic rings. The van der Waals surface area contributed by atoms with Gasteiger partial charge in [0.15, 0.2) is 0 Å². The van der Waals surface area contributed by atoms with Crippen molar-refractivity contribution < 1.29 is 9.53 Å². The smallest absolute Gasteiger partial charge is 0.236 e. The number of aromatic nitrogens is 3. The Kier molecular flexibility index (Phi) is 6.01. The Morgan fingerprint density at radius 2 is 2.00 bits per heavy atom. The highest BCUT2D eigenvalue weighted by Crippen LogP contribution is 2.39. The van der Waals surface area contributed by atoms with E-state index in [-0.39, 0.29) is 11.9 Å². The monoisotopic (exact) mass is 487 g/mol. The van der Waals surface area contributed by atoms with E-state index in [1.165, 1.54) is 17.3 Å². The molecule has 1 aliphatic heterocycles. The van der Waals surface area contributed by atoms with Gasteiger partial charge in [0.25, 0.3) is 0 Å². The number of amides is 1. The lowest BCUT2D eigenvalue weighted by Gasteiger charge is -2.33. The highest BCUT2D eigenvalue weighted by atomic mass is 79.9. The molecule has 0 saturated carbocycles. The van der Waals surface area contributed by atoms with Gasteiger partial charge in [-0.2, -0.15) is 0 Å². The molecule has 0 bridgehead atoms. The Labute approximate surface area is 187 Å². The van der Waals surface area contributed by atoms with E-state index < -0.39 is 5.25 Å². The normalized spacial score (nSPS) is 17.7. The fraction of sp³-hybridized carbons (Fsp3) is 0.286. The molecule has 30 heavy (non-hydrogen) atoms. The number of nitrogens with zero attached hydrogens (tertiary/aromatic N) is 3. The van der Waals surface area contributed by atoms with Gasteiger partial charge in [-0.1, -0.05) is 47.7 Å². The number of carbonyl (C=O) groups is 1. The van der Waals surface area contributed by atoms with Crippen LogP contribution < -0.4 is 15.5 Å². The average Bonchev–Trinajstić information content (AvgIpc) is 3.12. The molecule has 0 aliphatic carbocycles. The van der Waals surface area contributed by atoms with Crippen molar-refractivity contribution in [3.05, 3.63) is 69.5 Å². The zero-order valence-corrected chi connectivity index (χ0v) is 19.3. The maximum absolute atomic E-state index is 13.2. The zero-order chi connectivity index (χ0) is 21.3. The summed E-state index contributed by atoms with van der Waals surface area (Å²) in [5, 5.41) is 11.7. The quantitative estimate of drug-likeness (QED) is 0.570. The lowest BCUT2D eigenvalue weighted by atomic mass is 10.0. The standard InChI is InChI=1S/C21H22BrN5O2S/c1-12-4-6-14(7-5-12)11-23-20(28)19-18(15-8-9-17(29-3)16(22)10-15)26-27-13(2)24-25-21(27)30-19/h4-10,18-19,26H,11H2,1-3H3,(H,23,28)/t18-,19+/m0/s1. The van der Waals surface area contributed by atoms with Gasteiger partial charge < -0.3 is 15.5 Å². The highest BCUT2D eigenvalue weighted by Gasteiger charge is 2.37. The predicted molar refractivity (Wildman–Crippen MR) is 120 cm³/mol. The average molecular weight is 488 g/mol. The second kappa shape index (κ2) is 8.69. The molecule has 0 spiro atoms. The number of rotatable bonds is 5. The molecule has 2 atom stereocenters. The summed E-state index contributed by atoms with van der Waals surface area (Å²) >= 11 is 4.96. The predicted octanol–water partition coefficient (Wildman–Crippen LogP) is 3.74. The van der Waals surface area contributed by atoms with E-state index in [4.69, 9.17) is 4.74 Å². The van der Waals surface area contributed by atoms with Gasteiger partial charge in [-0.25, -0.2) is 4.68 Å². The van der Waals surface area contributed by atoms with E-state index in [0.717, 1.165) is 27.2 Å². The van der Waals surface area contributed by atoms with Crippen LogP contribution in [0, 0.1) is 13.8 Å². The zero-order valence-electron chi connectivity index (χ0n) is 16.8. The fourth-order valence-electron chi connectivity index (χ4n) is 3.28. The number of benzene rings is 2. The van der Waals surface area contributed by atoms with Gasteiger partial charge in [0, 0.05) is 6.54 Å². The van der Waals surface area contributed by atoms with Crippen molar-refractivity contribution in [3.8, 4) is 5.75 Å². The third kappa shape index (κ3) is 4.17. The summed E-state index contributed by atoms with van der Waals surface area (Å²) in [5.41, 5.74) is 6.63. The van der Waals surface area contributed by atoms with Crippen LogP contribution in [0.1, 0.15) is 28.6 Å². The summed E-state index contributed by atoms with van der Waals surface area (Å²) in [4.78, 5) is 13.2. The van der Waals surface area contributed by atoms with Crippen LogP contribution in [0.4, 0.5) is 0 Å². The van der Waals surface area contributed by atoms with Crippen LogP contribution in [0.2, 0.25) is 0 Å². The van der Waals surface area contributed by atoms with Gasteiger partial charge in [-0.15, -0.1) is 10.2 Å². The van der Waals surface area contributed by atoms with Crippen molar-refractivity contribution in [1.29, 1.82) is 0 Å². The molecule has 1 amide bonds. The van der Waals surface area contributed by atoms with Crippen molar-refractivity contribution in [2.45, 2.75) is 36.8 Å². The molecule has 2 aromatic carbocycles. The SMILES string of the molecule is COc1ccc([C@@H]2Nn3c(C)nnc3S[C@H]2C(=O)NCc2ccc(C)cc2)cc1Br. The molecule has 0 unspecified atom stereocenters. The molecule has 0 radical (unpaired) electrons. The summed E-state index contributed by atoms with van der Waals surface area (Å²) in [6, 6.07) is 13.7. The fourth-order valence-corrected chi connectivity index (χ4v) is 4.99. The van der Waals surface area contributed by atoms with E-state index in [0.29, 0.717) is 11.7 Å². The van der Waals surface area contributed by atoms with Gasteiger partial charge in [0.05, 0.1) is 17.6 Å². The Bertz CT molecular complexity index is 1070. The highest BCUT2D eigenvalue weighted by molar-refractivity contribution is 9.10. The topological polar surface area (TPSA) is 81.1 Å². The summed E-state index contributed by atoms with van der Waals surface area (Å²) < 4.78 is 8.01. The molecule has 4 rings (SSSR count). The molecule has 3 aromatic rings. The maximum atomic E-state index is 13.2. The Morgan fingerprint density at radius 3 is 2.70 bits per heavy atom. The number of ether oxygens (including phenoxy) is 1. The lowest BCUT2D eigenvalue weighted by Crippen LogP contribution is -2.44. The van der Waals surface area contributed by atoms with Crippen molar-refractivity contribution >= 4 is 33.6 Å². The number of carbonyl (C=O) groups excluding carboxylic acids is 1. The molecule has 7 nitrogen and oxygen atoms in total. The minimum atomic E-state index is -0.410. The minimum Gasteiger partial charge on any atom is -0.496 e. The van der Waals surface area contributed by atoms with Crippen molar-refractivity contribution in [2.75, 3.05) is 12.5 Å². The number of hydrogen-bond donors (Lipinski definition) is 2. The van der Waals surface area contributed by atoms with Gasteiger partial charge in [-0.3, -0.25) is 4.79 Å². The van der Waals surface area contributed by atoms with Gasteiger partial charge in [0.2, 0.25) is 11.1 Å². The third-order valence-corrected chi connectivity index (χ3v) is 6.81. The third-order valence-electron chi connectivity index (χ3n) is 4.98. The Balaban J connectivity index is 1.60. The van der Waals surface area contributed by atoms with Crippen LogP contribution in [0.5, 0.6) is 5.75 Å². The number of nitrogens with one attached hydrogen (secondary N) is 2. The summed E-state index contributed by atoms with van der Waals surface area (Å²) in [6.07, 6.45) is 0. The Hall–Kier alpha value is -2.52.